The molecule has 0 aromatic carbocycles. The van der Waals surface area contributed by atoms with Crippen LogP contribution in [-0.4, -0.2) is 44.1 Å². The molecule has 24 heavy (non-hydrogen) atoms. The third-order valence-corrected chi connectivity index (χ3v) is 5.44. The second kappa shape index (κ2) is 8.56. The maximum Gasteiger partial charge on any atom is 0.193 e. The van der Waals surface area contributed by atoms with Crippen LogP contribution < -0.4 is 5.32 Å². The normalized spacial score (nSPS) is 20.7. The molecule has 1 aromatic rings. The first-order chi connectivity index (χ1) is 11.8. The van der Waals surface area contributed by atoms with Crippen LogP contribution in [0.5, 0.6) is 0 Å². The summed E-state index contributed by atoms with van der Waals surface area (Å²) < 4.78 is 10.9. The maximum absolute atomic E-state index is 5.62. The molecule has 1 N–H and O–H groups in total. The summed E-state index contributed by atoms with van der Waals surface area (Å²) in [5, 5.41) is 3.50. The molecule has 1 aromatic heterocycles. The van der Waals surface area contributed by atoms with E-state index >= 15 is 0 Å². The summed E-state index contributed by atoms with van der Waals surface area (Å²) in [7, 11) is 1.89. The van der Waals surface area contributed by atoms with Crippen molar-refractivity contribution in [2.45, 2.75) is 51.6 Å². The quantitative estimate of drug-likeness (QED) is 0.492. The Morgan fingerprint density at radius 1 is 1.33 bits per heavy atom. The Labute approximate surface area is 145 Å². The minimum absolute atomic E-state index is 0.552. The molecule has 2 aliphatic rings. The van der Waals surface area contributed by atoms with Gasteiger partial charge in [-0.2, -0.15) is 0 Å². The highest BCUT2D eigenvalue weighted by atomic mass is 16.5. The van der Waals surface area contributed by atoms with Gasteiger partial charge < -0.3 is 19.4 Å². The number of likely N-dealkylation sites (tertiary alicyclic amines) is 1. The highest BCUT2D eigenvalue weighted by Crippen LogP contribution is 2.43. The van der Waals surface area contributed by atoms with Gasteiger partial charge in [-0.05, 0) is 43.2 Å². The van der Waals surface area contributed by atoms with Crippen LogP contribution in [0.4, 0.5) is 0 Å². The number of ether oxygens (including phenoxy) is 1. The molecule has 1 aliphatic heterocycles. The number of rotatable bonds is 6. The van der Waals surface area contributed by atoms with E-state index in [1.54, 1.807) is 6.26 Å². The van der Waals surface area contributed by atoms with Gasteiger partial charge in [0, 0.05) is 33.3 Å². The molecule has 5 nitrogen and oxygen atoms in total. The average Bonchev–Trinajstić information content (AvgIpc) is 3.26. The van der Waals surface area contributed by atoms with Gasteiger partial charge in [0.1, 0.15) is 12.4 Å². The Kier molecular flexibility index (Phi) is 6.18. The number of furan rings is 1. The molecule has 5 heteroatoms. The fourth-order valence-electron chi connectivity index (χ4n) is 4.10. The fraction of sp³-hybridized carbons (Fsp3) is 0.737. The largest absolute Gasteiger partial charge is 0.467 e. The molecule has 134 valence electrons. The van der Waals surface area contributed by atoms with Crippen LogP contribution in [0, 0.1) is 5.41 Å². The summed E-state index contributed by atoms with van der Waals surface area (Å²) in [4.78, 5) is 6.94. The van der Waals surface area contributed by atoms with Crippen molar-refractivity contribution in [2.75, 3.05) is 33.3 Å². The summed E-state index contributed by atoms with van der Waals surface area (Å²) in [6.07, 6.45) is 11.0. The van der Waals surface area contributed by atoms with Crippen LogP contribution in [0.15, 0.2) is 27.8 Å². The van der Waals surface area contributed by atoms with Gasteiger partial charge in [0.2, 0.25) is 0 Å². The smallest absolute Gasteiger partial charge is 0.193 e. The summed E-state index contributed by atoms with van der Waals surface area (Å²) in [6.45, 7) is 4.51. The lowest BCUT2D eigenvalue weighted by Crippen LogP contribution is -2.42. The fourth-order valence-corrected chi connectivity index (χ4v) is 4.10. The molecule has 3 rings (SSSR count). The molecule has 0 amide bonds. The second-order valence-corrected chi connectivity index (χ2v) is 7.19. The van der Waals surface area contributed by atoms with Crippen LogP contribution in [-0.2, 0) is 11.3 Å². The SMILES string of the molecule is CN=C(NCCCOCc1ccco1)N1CCC2(CCCCC2)C1. The lowest BCUT2D eigenvalue weighted by molar-refractivity contribution is 0.104. The van der Waals surface area contributed by atoms with Gasteiger partial charge in [-0.25, -0.2) is 0 Å². The zero-order valence-corrected chi connectivity index (χ0v) is 14.9. The van der Waals surface area contributed by atoms with Crippen molar-refractivity contribution in [3.05, 3.63) is 24.2 Å². The minimum Gasteiger partial charge on any atom is -0.467 e. The molecule has 1 saturated heterocycles. The summed E-state index contributed by atoms with van der Waals surface area (Å²) in [5.41, 5.74) is 0.571. The molecule has 1 aliphatic carbocycles. The standard InChI is InChI=1S/C19H31N3O2/c1-20-18(21-11-6-13-23-15-17-7-5-14-24-17)22-12-10-19(16-22)8-3-2-4-9-19/h5,7,14H,2-4,6,8-13,15-16H2,1H3,(H,20,21). The first kappa shape index (κ1) is 17.3. The molecule has 0 unspecified atom stereocenters. The summed E-state index contributed by atoms with van der Waals surface area (Å²) in [5.74, 6) is 1.94. The molecular weight excluding hydrogens is 302 g/mol. The van der Waals surface area contributed by atoms with Crippen molar-refractivity contribution in [2.24, 2.45) is 10.4 Å². The minimum atomic E-state index is 0.552. The monoisotopic (exact) mass is 333 g/mol. The van der Waals surface area contributed by atoms with Gasteiger partial charge in [0.15, 0.2) is 5.96 Å². The second-order valence-electron chi connectivity index (χ2n) is 7.19. The van der Waals surface area contributed by atoms with Crippen molar-refractivity contribution >= 4 is 5.96 Å². The van der Waals surface area contributed by atoms with Gasteiger partial charge in [-0.15, -0.1) is 0 Å². The number of hydrogen-bond acceptors (Lipinski definition) is 3. The first-order valence-electron chi connectivity index (χ1n) is 9.37. The van der Waals surface area contributed by atoms with Crippen LogP contribution in [0.3, 0.4) is 0 Å². The van der Waals surface area contributed by atoms with E-state index in [9.17, 15) is 0 Å². The van der Waals surface area contributed by atoms with E-state index in [4.69, 9.17) is 9.15 Å². The molecule has 2 fully saturated rings. The topological polar surface area (TPSA) is 50.0 Å². The van der Waals surface area contributed by atoms with Crippen molar-refractivity contribution in [3.63, 3.8) is 0 Å². The van der Waals surface area contributed by atoms with Gasteiger partial charge >= 0.3 is 0 Å². The van der Waals surface area contributed by atoms with Crippen LogP contribution >= 0.6 is 0 Å². The van der Waals surface area contributed by atoms with Crippen molar-refractivity contribution in [1.29, 1.82) is 0 Å². The number of hydrogen-bond donors (Lipinski definition) is 1. The van der Waals surface area contributed by atoms with E-state index in [1.807, 2.05) is 19.2 Å². The lowest BCUT2D eigenvalue weighted by Gasteiger charge is -2.33. The number of guanidine groups is 1. The Morgan fingerprint density at radius 2 is 2.21 bits per heavy atom. The van der Waals surface area contributed by atoms with Gasteiger partial charge in [0.05, 0.1) is 6.26 Å². The predicted molar refractivity (Wildman–Crippen MR) is 96.1 cm³/mol. The van der Waals surface area contributed by atoms with E-state index in [-0.39, 0.29) is 0 Å². The Hall–Kier alpha value is -1.49. The molecule has 0 atom stereocenters. The third kappa shape index (κ3) is 4.53. The molecule has 1 spiro atoms. The van der Waals surface area contributed by atoms with Gasteiger partial charge in [-0.1, -0.05) is 19.3 Å². The molecule has 1 saturated carbocycles. The van der Waals surface area contributed by atoms with E-state index in [1.165, 1.54) is 45.1 Å². The zero-order valence-electron chi connectivity index (χ0n) is 14.9. The van der Waals surface area contributed by atoms with E-state index in [0.717, 1.165) is 37.8 Å². The number of aliphatic imine (C=N–C) groups is 1. The van der Waals surface area contributed by atoms with Crippen LogP contribution in [0.25, 0.3) is 0 Å². The van der Waals surface area contributed by atoms with E-state index in [0.29, 0.717) is 12.0 Å². The average molecular weight is 333 g/mol. The Morgan fingerprint density at radius 3 is 2.96 bits per heavy atom. The number of nitrogens with zero attached hydrogens (tertiary/aromatic N) is 2. The van der Waals surface area contributed by atoms with Crippen molar-refractivity contribution in [3.8, 4) is 0 Å². The first-order valence-corrected chi connectivity index (χ1v) is 9.37. The molecule has 0 bridgehead atoms. The summed E-state index contributed by atoms with van der Waals surface area (Å²) in [6, 6.07) is 3.83. The highest BCUT2D eigenvalue weighted by molar-refractivity contribution is 5.80. The third-order valence-electron chi connectivity index (χ3n) is 5.44. The van der Waals surface area contributed by atoms with Crippen LogP contribution in [0.1, 0.15) is 50.7 Å². The Bertz CT molecular complexity index is 507. The van der Waals surface area contributed by atoms with Crippen LogP contribution in [0.2, 0.25) is 0 Å². The van der Waals surface area contributed by atoms with Crippen molar-refractivity contribution < 1.29 is 9.15 Å². The summed E-state index contributed by atoms with van der Waals surface area (Å²) >= 11 is 0. The van der Waals surface area contributed by atoms with Crippen molar-refractivity contribution in [1.82, 2.24) is 10.2 Å². The lowest BCUT2D eigenvalue weighted by atomic mass is 9.73. The zero-order chi connectivity index (χ0) is 16.7. The van der Waals surface area contributed by atoms with Gasteiger partial charge in [0.25, 0.3) is 0 Å². The molecular formula is C19H31N3O2. The maximum atomic E-state index is 5.62. The molecule has 0 radical (unpaired) electrons. The van der Waals surface area contributed by atoms with E-state index < -0.39 is 0 Å². The van der Waals surface area contributed by atoms with Gasteiger partial charge in [-0.3, -0.25) is 4.99 Å². The number of nitrogens with one attached hydrogen (secondary N) is 1. The Balaban J connectivity index is 1.33. The molecule has 2 heterocycles. The predicted octanol–water partition coefficient (Wildman–Crippen LogP) is 3.42. The highest BCUT2D eigenvalue weighted by Gasteiger charge is 2.39. The van der Waals surface area contributed by atoms with E-state index in [2.05, 4.69) is 15.2 Å².